The molecule has 1 atom stereocenters. The molecule has 0 aliphatic heterocycles. The summed E-state index contributed by atoms with van der Waals surface area (Å²) in [4.78, 5) is 37.9. The number of rotatable bonds is 52. The molecule has 0 aliphatic rings. The molecule has 0 amide bonds. The van der Waals surface area contributed by atoms with Crippen LogP contribution in [-0.4, -0.2) is 37.2 Å². The lowest BCUT2D eigenvalue weighted by molar-refractivity contribution is -0.166. The van der Waals surface area contributed by atoms with Gasteiger partial charge in [-0.15, -0.1) is 0 Å². The maximum atomic E-state index is 12.7. The van der Waals surface area contributed by atoms with Crippen LogP contribution in [0.2, 0.25) is 0 Å². The van der Waals surface area contributed by atoms with Gasteiger partial charge in [0.05, 0.1) is 0 Å². The summed E-state index contributed by atoms with van der Waals surface area (Å²) in [6.07, 6.45) is 69.8. The Morgan fingerprint density at radius 3 is 1.03 bits per heavy atom. The highest BCUT2D eigenvalue weighted by molar-refractivity contribution is 5.71. The molecule has 67 heavy (non-hydrogen) atoms. The third-order valence-electron chi connectivity index (χ3n) is 12.5. The molecule has 0 bridgehead atoms. The lowest BCUT2D eigenvalue weighted by Gasteiger charge is -2.18. The molecule has 6 nitrogen and oxygen atoms in total. The minimum absolute atomic E-state index is 0.103. The Hall–Kier alpha value is -2.89. The van der Waals surface area contributed by atoms with Gasteiger partial charge in [0.15, 0.2) is 6.10 Å². The molecule has 0 heterocycles. The fourth-order valence-corrected chi connectivity index (χ4v) is 8.23. The van der Waals surface area contributed by atoms with Gasteiger partial charge < -0.3 is 14.2 Å². The van der Waals surface area contributed by atoms with Crippen LogP contribution in [0.15, 0.2) is 60.8 Å². The summed E-state index contributed by atoms with van der Waals surface area (Å²) < 4.78 is 16.7. The molecule has 0 rings (SSSR count). The highest BCUT2D eigenvalue weighted by Crippen LogP contribution is 2.17. The van der Waals surface area contributed by atoms with E-state index in [-0.39, 0.29) is 37.5 Å². The first-order valence-corrected chi connectivity index (χ1v) is 28.8. The Balaban J connectivity index is 4.18. The zero-order valence-corrected chi connectivity index (χ0v) is 44.4. The van der Waals surface area contributed by atoms with Gasteiger partial charge in [-0.1, -0.05) is 268 Å². The third kappa shape index (κ3) is 53.9. The van der Waals surface area contributed by atoms with E-state index in [1.165, 1.54) is 161 Å². The van der Waals surface area contributed by atoms with Gasteiger partial charge in [0.25, 0.3) is 0 Å². The van der Waals surface area contributed by atoms with Gasteiger partial charge in [0, 0.05) is 19.3 Å². The molecule has 0 aliphatic carbocycles. The van der Waals surface area contributed by atoms with Crippen LogP contribution in [0.5, 0.6) is 0 Å². The number of allylic oxidation sites excluding steroid dienone is 10. The molecule has 6 heteroatoms. The summed E-state index contributed by atoms with van der Waals surface area (Å²) in [5.74, 6) is -0.989. The topological polar surface area (TPSA) is 78.9 Å². The zero-order chi connectivity index (χ0) is 48.6. The quantitative estimate of drug-likeness (QED) is 0.0262. The number of unbranched alkanes of at least 4 members (excludes halogenated alkanes) is 31. The van der Waals surface area contributed by atoms with E-state index in [0.717, 1.165) is 83.5 Å². The number of esters is 3. The molecule has 1 unspecified atom stereocenters. The number of carbonyl (C=O) groups is 3. The van der Waals surface area contributed by atoms with E-state index in [1.54, 1.807) is 0 Å². The van der Waals surface area contributed by atoms with Crippen LogP contribution in [0.25, 0.3) is 0 Å². The lowest BCUT2D eigenvalue weighted by atomic mass is 10.0. The highest BCUT2D eigenvalue weighted by Gasteiger charge is 2.19. The summed E-state index contributed by atoms with van der Waals surface area (Å²) >= 11 is 0. The van der Waals surface area contributed by atoms with E-state index in [2.05, 4.69) is 69.4 Å². The van der Waals surface area contributed by atoms with Crippen molar-refractivity contribution in [2.45, 2.75) is 297 Å². The Morgan fingerprint density at radius 1 is 0.313 bits per heavy atom. The van der Waals surface area contributed by atoms with E-state index >= 15 is 0 Å². The summed E-state index contributed by atoms with van der Waals surface area (Å²) in [6, 6.07) is 0. The predicted molar refractivity (Wildman–Crippen MR) is 288 cm³/mol. The molecule has 0 saturated heterocycles. The molecular formula is C61H108O6. The maximum Gasteiger partial charge on any atom is 0.306 e. The van der Waals surface area contributed by atoms with E-state index in [1.807, 2.05) is 12.2 Å². The first-order chi connectivity index (χ1) is 33.0. The standard InChI is InChI=1S/C61H108O6/c1-4-7-10-13-16-19-22-24-25-26-27-28-29-30-31-32-33-34-35-36-38-39-42-45-48-51-54-60(63)66-57-58(56-65-59(62)53-50-47-44-41-21-18-15-12-9-6-3)67-61(64)55-52-49-46-43-40-37-23-20-17-14-11-8-5-2/h8,11-12,15,17,20,37,40,46,49,58H,4-7,9-10,13-14,16,18-19,21-36,38-39,41-45,47-48,50-57H2,1-3H3/b11-8-,15-12-,20-17-,40-37-,49-46-. The third-order valence-corrected chi connectivity index (χ3v) is 12.5. The maximum absolute atomic E-state index is 12.7. The SMILES string of the molecule is CC/C=C\C/C=C\C/C=C\C/C=C\CCC(=O)OC(COC(=O)CCCCCCC/C=C\CCC)COC(=O)CCCCCCCCCCCCCCCCCCCCCCCCCCCC. The van der Waals surface area contributed by atoms with E-state index < -0.39 is 6.10 Å². The Labute approximate surface area is 415 Å². The van der Waals surface area contributed by atoms with Crippen molar-refractivity contribution in [3.8, 4) is 0 Å². The molecular weight excluding hydrogens is 829 g/mol. The van der Waals surface area contributed by atoms with Gasteiger partial charge >= 0.3 is 17.9 Å². The molecule has 0 N–H and O–H groups in total. The second-order valence-electron chi connectivity index (χ2n) is 19.2. The van der Waals surface area contributed by atoms with E-state index in [4.69, 9.17) is 14.2 Å². The molecule has 388 valence electrons. The molecule has 0 aromatic heterocycles. The fraction of sp³-hybridized carbons (Fsp3) is 0.787. The van der Waals surface area contributed by atoms with Crippen LogP contribution in [0.3, 0.4) is 0 Å². The van der Waals surface area contributed by atoms with Crippen LogP contribution in [-0.2, 0) is 28.6 Å². The van der Waals surface area contributed by atoms with Crippen LogP contribution in [0.1, 0.15) is 290 Å². The average molecular weight is 938 g/mol. The number of ether oxygens (including phenoxy) is 3. The second-order valence-corrected chi connectivity index (χ2v) is 19.2. The van der Waals surface area contributed by atoms with Gasteiger partial charge in [0.2, 0.25) is 0 Å². The Kier molecular flexibility index (Phi) is 53.3. The van der Waals surface area contributed by atoms with Gasteiger partial charge in [-0.05, 0) is 64.2 Å². The average Bonchev–Trinajstić information content (AvgIpc) is 3.33. The Morgan fingerprint density at radius 2 is 0.642 bits per heavy atom. The predicted octanol–water partition coefficient (Wildman–Crippen LogP) is 19.2. The van der Waals surface area contributed by atoms with E-state index in [9.17, 15) is 14.4 Å². The molecule has 0 aromatic carbocycles. The zero-order valence-electron chi connectivity index (χ0n) is 44.4. The van der Waals surface area contributed by atoms with Crippen molar-refractivity contribution in [3.63, 3.8) is 0 Å². The molecule has 0 radical (unpaired) electrons. The van der Waals surface area contributed by atoms with Gasteiger partial charge in [-0.2, -0.15) is 0 Å². The van der Waals surface area contributed by atoms with Crippen molar-refractivity contribution >= 4 is 17.9 Å². The molecule has 0 fully saturated rings. The van der Waals surface area contributed by atoms with Crippen molar-refractivity contribution in [1.29, 1.82) is 0 Å². The van der Waals surface area contributed by atoms with Crippen LogP contribution < -0.4 is 0 Å². The molecule has 0 aromatic rings. The van der Waals surface area contributed by atoms with Crippen LogP contribution in [0.4, 0.5) is 0 Å². The summed E-state index contributed by atoms with van der Waals surface area (Å²) in [5, 5.41) is 0. The first-order valence-electron chi connectivity index (χ1n) is 28.8. The van der Waals surface area contributed by atoms with Crippen LogP contribution in [0, 0.1) is 0 Å². The van der Waals surface area contributed by atoms with Crippen molar-refractivity contribution < 1.29 is 28.6 Å². The smallest absolute Gasteiger partial charge is 0.306 e. The lowest BCUT2D eigenvalue weighted by Crippen LogP contribution is -2.30. The Bertz CT molecular complexity index is 1210. The number of carbonyl (C=O) groups excluding carboxylic acids is 3. The summed E-state index contributed by atoms with van der Waals surface area (Å²) in [5.41, 5.74) is 0. The van der Waals surface area contributed by atoms with Crippen molar-refractivity contribution in [3.05, 3.63) is 60.8 Å². The minimum Gasteiger partial charge on any atom is -0.462 e. The van der Waals surface area contributed by atoms with Crippen molar-refractivity contribution in [2.24, 2.45) is 0 Å². The normalized spacial score (nSPS) is 12.5. The molecule has 0 saturated carbocycles. The van der Waals surface area contributed by atoms with Gasteiger partial charge in [0.1, 0.15) is 13.2 Å². The summed E-state index contributed by atoms with van der Waals surface area (Å²) in [7, 11) is 0. The highest BCUT2D eigenvalue weighted by atomic mass is 16.6. The first kappa shape index (κ1) is 64.1. The number of hydrogen-bond acceptors (Lipinski definition) is 6. The summed E-state index contributed by atoms with van der Waals surface area (Å²) in [6.45, 7) is 6.42. The van der Waals surface area contributed by atoms with Crippen molar-refractivity contribution in [2.75, 3.05) is 13.2 Å². The van der Waals surface area contributed by atoms with E-state index in [0.29, 0.717) is 19.3 Å². The fourth-order valence-electron chi connectivity index (χ4n) is 8.23. The number of hydrogen-bond donors (Lipinski definition) is 0. The molecule has 0 spiro atoms. The second kappa shape index (κ2) is 55.7. The van der Waals surface area contributed by atoms with Crippen molar-refractivity contribution in [1.82, 2.24) is 0 Å². The largest absolute Gasteiger partial charge is 0.462 e. The van der Waals surface area contributed by atoms with Gasteiger partial charge in [-0.3, -0.25) is 14.4 Å². The van der Waals surface area contributed by atoms with Gasteiger partial charge in [-0.25, -0.2) is 0 Å². The minimum atomic E-state index is -0.812. The monoisotopic (exact) mass is 937 g/mol. The van der Waals surface area contributed by atoms with Crippen LogP contribution >= 0.6 is 0 Å².